The minimum Gasteiger partial charge on any atom is -0.494 e. The number of para-hydroxylation sites is 2. The fourth-order valence-corrected chi connectivity index (χ4v) is 7.68. The van der Waals surface area contributed by atoms with Gasteiger partial charge in [0.05, 0.1) is 60.8 Å². The van der Waals surface area contributed by atoms with E-state index in [2.05, 4.69) is 56.3 Å². The molecule has 0 aliphatic heterocycles. The molecule has 0 unspecified atom stereocenters. The van der Waals surface area contributed by atoms with Gasteiger partial charge in [-0.2, -0.15) is 10.2 Å². The number of nitrogens with one attached hydrogen (secondary N) is 5. The highest BCUT2D eigenvalue weighted by Crippen LogP contribution is 2.40. The number of pyridine rings is 4. The molecule has 0 bridgehead atoms. The number of nitrogens with two attached hydrogens (primary N) is 1. The lowest BCUT2D eigenvalue weighted by Crippen LogP contribution is -2.12. The summed E-state index contributed by atoms with van der Waals surface area (Å²) in [6.07, 6.45) is 5.98. The number of halogens is 3. The molecule has 0 fully saturated rings. The quantitative estimate of drug-likeness (QED) is 0.0708. The van der Waals surface area contributed by atoms with Crippen molar-refractivity contribution in [2.24, 2.45) is 28.2 Å². The number of aromatic amines is 2. The molecular weight excluding hydrogens is 938 g/mol. The Labute approximate surface area is 408 Å². The van der Waals surface area contributed by atoms with Crippen LogP contribution in [0.4, 0.5) is 49.0 Å². The first kappa shape index (κ1) is 48.4. The van der Waals surface area contributed by atoms with Gasteiger partial charge in [-0.3, -0.25) is 38.5 Å². The molecule has 7 N–H and O–H groups in total. The maximum absolute atomic E-state index is 13.7. The maximum atomic E-state index is 13.7. The molecule has 0 saturated heterocycles. The van der Waals surface area contributed by atoms with Crippen LogP contribution in [0.2, 0.25) is 5.15 Å². The molecule has 8 aromatic heterocycles. The van der Waals surface area contributed by atoms with Crippen molar-refractivity contribution in [1.82, 2.24) is 59.1 Å². The zero-order valence-electron chi connectivity index (χ0n) is 39.6. The number of benzene rings is 2. The van der Waals surface area contributed by atoms with Gasteiger partial charge in [0.1, 0.15) is 45.0 Å². The van der Waals surface area contributed by atoms with Crippen molar-refractivity contribution >= 4 is 73.9 Å². The molecule has 364 valence electrons. The van der Waals surface area contributed by atoms with Crippen molar-refractivity contribution in [3.63, 3.8) is 0 Å². The minimum absolute atomic E-state index is 0.198. The van der Waals surface area contributed by atoms with E-state index < -0.39 is 5.82 Å². The number of ether oxygens (including phenoxy) is 2. The number of methoxy groups -OCH3 is 2. The molecule has 10 rings (SSSR count). The molecule has 23 heteroatoms. The molecule has 0 atom stereocenters. The largest absolute Gasteiger partial charge is 0.494 e. The maximum Gasteiger partial charge on any atom is 0.277 e. The van der Waals surface area contributed by atoms with Crippen molar-refractivity contribution < 1.29 is 18.3 Å². The summed E-state index contributed by atoms with van der Waals surface area (Å²) in [5.74, 6) is 1.68. The number of anilines is 7. The second kappa shape index (κ2) is 20.3. The van der Waals surface area contributed by atoms with Crippen LogP contribution in [0.3, 0.4) is 0 Å². The topological polar surface area (TPSA) is 243 Å². The van der Waals surface area contributed by atoms with Crippen LogP contribution in [0, 0.1) is 25.5 Å². The summed E-state index contributed by atoms with van der Waals surface area (Å²) in [7, 11) is 10.1. The van der Waals surface area contributed by atoms with Crippen LogP contribution < -0.4 is 42.3 Å². The molecule has 20 nitrogen and oxygen atoms in total. The Morgan fingerprint density at radius 3 is 1.58 bits per heavy atom. The van der Waals surface area contributed by atoms with Gasteiger partial charge in [0.25, 0.3) is 11.1 Å². The fraction of sp³-hybridized carbons (Fsp3) is 0.167. The lowest BCUT2D eigenvalue weighted by Gasteiger charge is -2.15. The van der Waals surface area contributed by atoms with Crippen LogP contribution in [0.25, 0.3) is 44.6 Å². The zero-order chi connectivity index (χ0) is 50.7. The van der Waals surface area contributed by atoms with E-state index in [1.54, 1.807) is 69.7 Å². The summed E-state index contributed by atoms with van der Waals surface area (Å²) >= 11 is 6.13. The van der Waals surface area contributed by atoms with E-state index in [4.69, 9.17) is 26.8 Å². The van der Waals surface area contributed by atoms with Gasteiger partial charge >= 0.3 is 0 Å². The first-order chi connectivity index (χ1) is 34.0. The molecule has 0 radical (unpaired) electrons. The second-order valence-electron chi connectivity index (χ2n) is 16.0. The molecule has 71 heavy (non-hydrogen) atoms. The van der Waals surface area contributed by atoms with Crippen LogP contribution >= 0.6 is 11.6 Å². The van der Waals surface area contributed by atoms with E-state index >= 15 is 0 Å². The van der Waals surface area contributed by atoms with E-state index in [-0.39, 0.29) is 22.1 Å². The summed E-state index contributed by atoms with van der Waals surface area (Å²) in [4.78, 5) is 41.6. The van der Waals surface area contributed by atoms with E-state index in [1.807, 2.05) is 75.0 Å². The van der Waals surface area contributed by atoms with Gasteiger partial charge in [-0.05, 0) is 79.6 Å². The number of aryl methyl sites for hydroxylation is 6. The number of hydrogen-bond donors (Lipinski definition) is 6. The predicted molar refractivity (Wildman–Crippen MR) is 270 cm³/mol. The van der Waals surface area contributed by atoms with Crippen molar-refractivity contribution in [2.45, 2.75) is 13.8 Å². The zero-order valence-corrected chi connectivity index (χ0v) is 40.3. The predicted octanol–water partition coefficient (Wildman–Crippen LogP) is 8.18. The smallest absolute Gasteiger partial charge is 0.277 e. The monoisotopic (exact) mass is 984 g/mol. The highest BCUT2D eigenvalue weighted by Gasteiger charge is 2.20. The molecule has 0 saturated carbocycles. The second-order valence-corrected chi connectivity index (χ2v) is 16.4. The van der Waals surface area contributed by atoms with Gasteiger partial charge in [-0.15, -0.1) is 0 Å². The minimum atomic E-state index is -0.395. The van der Waals surface area contributed by atoms with Gasteiger partial charge in [0.15, 0.2) is 22.8 Å². The van der Waals surface area contributed by atoms with E-state index in [9.17, 15) is 18.4 Å². The van der Waals surface area contributed by atoms with Crippen LogP contribution in [0.1, 0.15) is 11.1 Å². The number of nitrogen functional groups attached to an aromatic ring is 1. The molecular formula is C48H47ClF2N16O4. The Morgan fingerprint density at radius 1 is 0.620 bits per heavy atom. The summed E-state index contributed by atoms with van der Waals surface area (Å²) in [5.41, 5.74) is 12.1. The molecule has 10 aromatic rings. The Hall–Kier alpha value is -9.05. The molecule has 8 heterocycles. The molecule has 0 amide bonds. The average Bonchev–Trinajstić information content (AvgIpc) is 4.11. The number of fused-ring (bicyclic) bond motifs is 2. The van der Waals surface area contributed by atoms with Gasteiger partial charge in [0, 0.05) is 57.8 Å². The van der Waals surface area contributed by atoms with Gasteiger partial charge < -0.3 is 31.2 Å². The molecule has 0 spiro atoms. The Morgan fingerprint density at radius 2 is 1.11 bits per heavy atom. The normalized spacial score (nSPS) is 10.9. The van der Waals surface area contributed by atoms with Crippen LogP contribution in [-0.4, -0.2) is 73.3 Å². The van der Waals surface area contributed by atoms with Crippen molar-refractivity contribution in [2.75, 3.05) is 35.9 Å². The summed E-state index contributed by atoms with van der Waals surface area (Å²) in [5, 5.41) is 25.5. The molecule has 0 aliphatic carbocycles. The third kappa shape index (κ3) is 10.4. The number of nitrogens with zero attached hydrogens (tertiary/aromatic N) is 10. The fourth-order valence-electron chi connectivity index (χ4n) is 7.49. The van der Waals surface area contributed by atoms with Gasteiger partial charge in [-0.25, -0.2) is 28.7 Å². The van der Waals surface area contributed by atoms with E-state index in [1.165, 1.54) is 15.4 Å². The third-order valence-electron chi connectivity index (χ3n) is 10.9. The van der Waals surface area contributed by atoms with E-state index in [0.29, 0.717) is 84.9 Å². The lowest BCUT2D eigenvalue weighted by molar-refractivity contribution is 0.418. The Balaban J connectivity index is 0.000000166. The summed E-state index contributed by atoms with van der Waals surface area (Å²) in [6.45, 7) is 3.30. The van der Waals surface area contributed by atoms with E-state index in [0.717, 1.165) is 34.9 Å². The number of aromatic nitrogens is 12. The highest BCUT2D eigenvalue weighted by molar-refractivity contribution is 6.30. The Bertz CT molecular complexity index is 3710. The number of hydrogen-bond acceptors (Lipinski definition) is 14. The molecule has 2 aromatic carbocycles. The first-order valence-corrected chi connectivity index (χ1v) is 21.9. The molecule has 0 aliphatic rings. The first-order valence-electron chi connectivity index (χ1n) is 21.5. The van der Waals surface area contributed by atoms with Crippen molar-refractivity contribution in [3.05, 3.63) is 146 Å². The summed E-state index contributed by atoms with van der Waals surface area (Å²) < 4.78 is 43.6. The van der Waals surface area contributed by atoms with Crippen LogP contribution in [-0.2, 0) is 28.2 Å². The van der Waals surface area contributed by atoms with Crippen LogP contribution in [0.5, 0.6) is 11.5 Å². The van der Waals surface area contributed by atoms with Gasteiger partial charge in [0.2, 0.25) is 0 Å². The Kier molecular flexibility index (Phi) is 13.8. The lowest BCUT2D eigenvalue weighted by atomic mass is 10.1. The van der Waals surface area contributed by atoms with Gasteiger partial charge in [-0.1, -0.05) is 23.7 Å². The highest BCUT2D eigenvalue weighted by atomic mass is 35.5. The van der Waals surface area contributed by atoms with Crippen molar-refractivity contribution in [3.8, 4) is 34.0 Å². The SMILES string of the molecule is COc1c(Nc2cc(Cl)nc3[nH]n(C)c(=O)c23)cccc1-c1ccn(C)n1.COc1c(Nc2cc(Nc3cc(C)c(F)cn3)nc3[nH]n(C)c(=O)c23)cccc1-c1ccn(C)n1.Cc1cc(N)ncc1F. The van der Waals surface area contributed by atoms with Crippen LogP contribution in [0.15, 0.2) is 107 Å². The summed E-state index contributed by atoms with van der Waals surface area (Å²) in [6, 6.07) is 21.5. The standard InChI is InChI=1S/C24H23FN8O2.C18H17ClN6O2.C6H7FN2/c1-13-10-19(26-12-15(13)25)28-20-11-18(21-23(29-20)31-33(3)24(21)34)27-17-7-5-6-14(22(17)35-4)16-8-9-32(2)30-16;1-24-8-7-11(22-24)10-5-4-6-12(16(10)27-3)20-13-9-14(19)21-17-15(13)18(26)25(2)23-17;1-4-2-6(8)9-3-5(4)7/h5-12H,1-4H3,(H3,26,27,28,29,31);4-9H,1-3H3,(H2,20,21,23);2-3H,1H3,(H2,8,9). The number of rotatable bonds is 10. The van der Waals surface area contributed by atoms with Crippen molar-refractivity contribution in [1.29, 1.82) is 0 Å². The number of H-pyrrole nitrogens is 2. The average molecular weight is 985 g/mol. The third-order valence-corrected chi connectivity index (χ3v) is 11.1.